The van der Waals surface area contributed by atoms with Crippen LogP contribution in [0, 0.1) is 0 Å². The maximum atomic E-state index is 11.8. The van der Waals surface area contributed by atoms with Gasteiger partial charge in [0.1, 0.15) is 11.6 Å². The molecule has 0 fully saturated rings. The van der Waals surface area contributed by atoms with E-state index in [2.05, 4.69) is 15.3 Å². The van der Waals surface area contributed by atoms with E-state index in [4.69, 9.17) is 23.2 Å². The predicted molar refractivity (Wildman–Crippen MR) is 68.1 cm³/mol. The molecule has 0 saturated heterocycles. The van der Waals surface area contributed by atoms with Gasteiger partial charge in [-0.05, 0) is 35.9 Å². The number of aromatic nitrogens is 2. The first-order valence-electron chi connectivity index (χ1n) is 4.84. The van der Waals surface area contributed by atoms with E-state index in [1.54, 1.807) is 0 Å². The summed E-state index contributed by atoms with van der Waals surface area (Å²) in [6.07, 6.45) is 1.43. The van der Waals surface area contributed by atoms with E-state index < -0.39 is 5.91 Å². The molecule has 18 heavy (non-hydrogen) atoms. The van der Waals surface area contributed by atoms with Crippen LogP contribution in [0.15, 0.2) is 30.5 Å². The lowest BCUT2D eigenvalue weighted by molar-refractivity contribution is 0.102. The van der Waals surface area contributed by atoms with Crippen LogP contribution in [0.25, 0.3) is 0 Å². The maximum Gasteiger partial charge on any atom is 0.256 e. The smallest absolute Gasteiger partial charge is 0.256 e. The number of nitrogens with zero attached hydrogens (tertiary/aromatic N) is 2. The molecule has 0 spiro atoms. The Balaban J connectivity index is 2.19. The summed E-state index contributed by atoms with van der Waals surface area (Å²) in [6.45, 7) is 0. The molecule has 1 amide bonds. The van der Waals surface area contributed by atoms with E-state index >= 15 is 0 Å². The van der Waals surface area contributed by atoms with E-state index in [1.807, 2.05) is 0 Å². The van der Waals surface area contributed by atoms with Crippen LogP contribution >= 0.6 is 23.2 Å². The minimum Gasteiger partial charge on any atom is -0.506 e. The van der Waals surface area contributed by atoms with Crippen molar-refractivity contribution < 1.29 is 9.90 Å². The number of aromatic hydroxyl groups is 1. The second-order valence-corrected chi connectivity index (χ2v) is 4.08. The molecular formula is C11H7Cl2N3O2. The van der Waals surface area contributed by atoms with Crippen LogP contribution in [0.1, 0.15) is 10.4 Å². The molecule has 0 saturated carbocycles. The molecule has 0 bridgehead atoms. The van der Waals surface area contributed by atoms with Gasteiger partial charge in [0, 0.05) is 11.8 Å². The molecule has 7 heteroatoms. The van der Waals surface area contributed by atoms with Crippen molar-refractivity contribution in [2.75, 3.05) is 5.32 Å². The normalized spacial score (nSPS) is 10.1. The van der Waals surface area contributed by atoms with Crippen molar-refractivity contribution in [3.63, 3.8) is 0 Å². The zero-order valence-electron chi connectivity index (χ0n) is 8.89. The van der Waals surface area contributed by atoms with Crippen molar-refractivity contribution in [1.29, 1.82) is 0 Å². The highest BCUT2D eigenvalue weighted by atomic mass is 35.5. The van der Waals surface area contributed by atoms with Gasteiger partial charge in [0.05, 0.1) is 5.02 Å². The molecule has 0 aliphatic carbocycles. The first kappa shape index (κ1) is 12.6. The Morgan fingerprint density at radius 1 is 1.28 bits per heavy atom. The van der Waals surface area contributed by atoms with E-state index in [1.165, 1.54) is 30.5 Å². The van der Waals surface area contributed by atoms with Gasteiger partial charge in [-0.3, -0.25) is 4.79 Å². The van der Waals surface area contributed by atoms with Crippen LogP contribution in [-0.2, 0) is 0 Å². The molecule has 0 unspecified atom stereocenters. The van der Waals surface area contributed by atoms with Gasteiger partial charge in [-0.25, -0.2) is 9.97 Å². The number of rotatable bonds is 2. The zero-order valence-corrected chi connectivity index (χ0v) is 10.4. The number of nitrogens with one attached hydrogen (secondary N) is 1. The molecule has 5 nitrogen and oxygen atoms in total. The van der Waals surface area contributed by atoms with Crippen molar-refractivity contribution >= 4 is 34.9 Å². The third kappa shape index (κ3) is 2.88. The van der Waals surface area contributed by atoms with Crippen LogP contribution < -0.4 is 5.32 Å². The average molecular weight is 284 g/mol. The van der Waals surface area contributed by atoms with Gasteiger partial charge in [-0.2, -0.15) is 0 Å². The number of carbonyl (C=O) groups is 1. The fourth-order valence-corrected chi connectivity index (χ4v) is 1.57. The summed E-state index contributed by atoms with van der Waals surface area (Å²) in [5.41, 5.74) is 0.299. The van der Waals surface area contributed by atoms with Crippen LogP contribution in [0.4, 0.5) is 5.82 Å². The molecule has 2 rings (SSSR count). The Morgan fingerprint density at radius 3 is 2.72 bits per heavy atom. The highest BCUT2D eigenvalue weighted by Gasteiger charge is 2.09. The molecule has 0 aliphatic heterocycles. The summed E-state index contributed by atoms with van der Waals surface area (Å²) < 4.78 is 0. The lowest BCUT2D eigenvalue weighted by Gasteiger charge is -2.05. The highest BCUT2D eigenvalue weighted by molar-refractivity contribution is 6.32. The van der Waals surface area contributed by atoms with Gasteiger partial charge in [-0.1, -0.05) is 11.6 Å². The number of anilines is 1. The molecule has 1 heterocycles. The number of amides is 1. The fraction of sp³-hybridized carbons (Fsp3) is 0. The van der Waals surface area contributed by atoms with Crippen LogP contribution in [-0.4, -0.2) is 21.0 Å². The molecule has 1 aromatic heterocycles. The van der Waals surface area contributed by atoms with E-state index in [0.29, 0.717) is 5.56 Å². The summed E-state index contributed by atoms with van der Waals surface area (Å²) in [6, 6.07) is 5.64. The summed E-state index contributed by atoms with van der Waals surface area (Å²) in [5, 5.41) is 11.9. The molecular weight excluding hydrogens is 277 g/mol. The van der Waals surface area contributed by atoms with Crippen molar-refractivity contribution in [3.8, 4) is 5.75 Å². The molecule has 0 aliphatic rings. The van der Waals surface area contributed by atoms with Gasteiger partial charge in [0.15, 0.2) is 0 Å². The number of phenolic OH excluding ortho intramolecular Hbond substituents is 1. The van der Waals surface area contributed by atoms with Crippen LogP contribution in [0.5, 0.6) is 5.75 Å². The van der Waals surface area contributed by atoms with Crippen molar-refractivity contribution in [2.24, 2.45) is 0 Å². The zero-order chi connectivity index (χ0) is 13.1. The molecule has 0 radical (unpaired) electrons. The van der Waals surface area contributed by atoms with Crippen molar-refractivity contribution in [1.82, 2.24) is 9.97 Å². The highest BCUT2D eigenvalue weighted by Crippen LogP contribution is 2.23. The number of benzene rings is 1. The summed E-state index contributed by atoms with van der Waals surface area (Å²) >= 11 is 11.3. The molecule has 0 atom stereocenters. The minimum absolute atomic E-state index is 0.0385. The summed E-state index contributed by atoms with van der Waals surface area (Å²) in [4.78, 5) is 19.3. The SMILES string of the molecule is O=C(Nc1ccnc(Cl)n1)c1ccc(O)c(Cl)c1. The second-order valence-electron chi connectivity index (χ2n) is 3.33. The lowest BCUT2D eigenvalue weighted by atomic mass is 10.2. The number of carbonyl (C=O) groups excluding carboxylic acids is 1. The van der Waals surface area contributed by atoms with Gasteiger partial charge in [0.25, 0.3) is 5.91 Å². The van der Waals surface area contributed by atoms with Crippen LogP contribution in [0.2, 0.25) is 10.3 Å². The number of phenols is 1. The molecule has 1 aromatic carbocycles. The number of hydrogen-bond donors (Lipinski definition) is 2. The Morgan fingerprint density at radius 2 is 2.06 bits per heavy atom. The standard InChI is InChI=1S/C11H7Cl2N3O2/c12-7-5-6(1-2-8(7)17)10(18)15-9-3-4-14-11(13)16-9/h1-5,17H,(H,14,15,16,18). The van der Waals surface area contributed by atoms with E-state index in [-0.39, 0.29) is 21.9 Å². The Kier molecular flexibility index (Phi) is 3.64. The van der Waals surface area contributed by atoms with Gasteiger partial charge in [-0.15, -0.1) is 0 Å². The number of halogens is 2. The van der Waals surface area contributed by atoms with Crippen LogP contribution in [0.3, 0.4) is 0 Å². The van der Waals surface area contributed by atoms with Gasteiger partial charge < -0.3 is 10.4 Å². The topological polar surface area (TPSA) is 75.1 Å². The number of hydrogen-bond acceptors (Lipinski definition) is 4. The van der Waals surface area contributed by atoms with E-state index in [0.717, 1.165) is 0 Å². The first-order valence-corrected chi connectivity index (χ1v) is 5.60. The van der Waals surface area contributed by atoms with Gasteiger partial charge >= 0.3 is 0 Å². The third-order valence-corrected chi connectivity index (χ3v) is 2.56. The Bertz CT molecular complexity index is 605. The predicted octanol–water partition coefficient (Wildman–Crippen LogP) is 2.74. The average Bonchev–Trinajstić information content (AvgIpc) is 2.32. The Labute approximate surface area is 112 Å². The molecule has 92 valence electrons. The van der Waals surface area contributed by atoms with Crippen molar-refractivity contribution in [2.45, 2.75) is 0 Å². The lowest BCUT2D eigenvalue weighted by Crippen LogP contribution is -2.13. The third-order valence-electron chi connectivity index (χ3n) is 2.08. The first-order chi connectivity index (χ1) is 8.56. The largest absolute Gasteiger partial charge is 0.506 e. The summed E-state index contributed by atoms with van der Waals surface area (Å²) in [5.74, 6) is -0.214. The van der Waals surface area contributed by atoms with Gasteiger partial charge in [0.2, 0.25) is 5.28 Å². The molecule has 2 aromatic rings. The summed E-state index contributed by atoms with van der Waals surface area (Å²) in [7, 11) is 0. The van der Waals surface area contributed by atoms with E-state index in [9.17, 15) is 9.90 Å². The fourth-order valence-electron chi connectivity index (χ4n) is 1.24. The van der Waals surface area contributed by atoms with Crippen molar-refractivity contribution in [3.05, 3.63) is 46.3 Å². The second kappa shape index (κ2) is 5.20. The molecule has 2 N–H and O–H groups in total. The minimum atomic E-state index is -0.410. The monoisotopic (exact) mass is 283 g/mol. The quantitative estimate of drug-likeness (QED) is 0.831. The Hall–Kier alpha value is -1.85. The maximum absolute atomic E-state index is 11.8.